The Kier molecular flexibility index (Phi) is 5.34. The Morgan fingerprint density at radius 1 is 1.17 bits per heavy atom. The molecule has 1 saturated carbocycles. The number of piperidine rings is 1. The largest absolute Gasteiger partial charge is 0.352 e. The van der Waals surface area contributed by atoms with Crippen LogP contribution in [0.25, 0.3) is 0 Å². The molecule has 2 fully saturated rings. The molecule has 2 atom stereocenters. The predicted molar refractivity (Wildman–Crippen MR) is 94.3 cm³/mol. The lowest BCUT2D eigenvalue weighted by Gasteiger charge is -2.32. The third-order valence-corrected chi connectivity index (χ3v) is 5.16. The fourth-order valence-corrected chi connectivity index (χ4v) is 3.60. The van der Waals surface area contributed by atoms with Gasteiger partial charge in [-0.25, -0.2) is 0 Å². The maximum Gasteiger partial charge on any atom is 0.226 e. The normalized spacial score (nSPS) is 23.6. The summed E-state index contributed by atoms with van der Waals surface area (Å²) in [6.07, 6.45) is 5.57. The zero-order chi connectivity index (χ0) is 16.9. The van der Waals surface area contributed by atoms with E-state index < -0.39 is 0 Å². The number of benzene rings is 1. The molecule has 128 valence electrons. The van der Waals surface area contributed by atoms with Crippen molar-refractivity contribution < 1.29 is 9.59 Å². The quantitative estimate of drug-likeness (QED) is 0.816. The van der Waals surface area contributed by atoms with E-state index in [1.165, 1.54) is 5.56 Å². The number of hydrogen-bond acceptors (Lipinski definition) is 2. The van der Waals surface area contributed by atoms with Crippen LogP contribution in [0, 0.1) is 17.8 Å². The minimum atomic E-state index is -0.125. The molecule has 1 aliphatic carbocycles. The van der Waals surface area contributed by atoms with Gasteiger partial charge in [-0.3, -0.25) is 9.59 Å². The lowest BCUT2D eigenvalue weighted by Crippen LogP contribution is -2.40. The Balaban J connectivity index is 1.43. The highest BCUT2D eigenvalue weighted by atomic mass is 16.2. The lowest BCUT2D eigenvalue weighted by molar-refractivity contribution is -0.136. The first-order chi connectivity index (χ1) is 11.7. The van der Waals surface area contributed by atoms with Crippen molar-refractivity contribution in [3.05, 3.63) is 48.6 Å². The molecule has 0 bridgehead atoms. The molecule has 2 unspecified atom stereocenters. The predicted octanol–water partition coefficient (Wildman–Crippen LogP) is 2.41. The van der Waals surface area contributed by atoms with E-state index in [1.54, 1.807) is 6.08 Å². The molecule has 1 heterocycles. The van der Waals surface area contributed by atoms with Crippen LogP contribution in [0.5, 0.6) is 0 Å². The Morgan fingerprint density at radius 2 is 1.88 bits per heavy atom. The van der Waals surface area contributed by atoms with Gasteiger partial charge in [0.2, 0.25) is 11.8 Å². The molecule has 2 aliphatic rings. The summed E-state index contributed by atoms with van der Waals surface area (Å²) in [5.41, 5.74) is 1.38. The van der Waals surface area contributed by atoms with E-state index in [4.69, 9.17) is 0 Å². The first-order valence-corrected chi connectivity index (χ1v) is 8.90. The number of likely N-dealkylation sites (tertiary alicyclic amines) is 1. The van der Waals surface area contributed by atoms with Gasteiger partial charge in [0.15, 0.2) is 0 Å². The van der Waals surface area contributed by atoms with Crippen LogP contribution < -0.4 is 5.32 Å². The van der Waals surface area contributed by atoms with E-state index in [2.05, 4.69) is 36.2 Å². The van der Waals surface area contributed by atoms with Crippen LogP contribution in [0.4, 0.5) is 0 Å². The third kappa shape index (κ3) is 4.05. The SMILES string of the molecule is C=CCNC(=O)C1CC1C(=O)N1CCC(Cc2ccccc2)CC1. The van der Waals surface area contributed by atoms with E-state index in [0.29, 0.717) is 18.9 Å². The van der Waals surface area contributed by atoms with Crippen molar-refractivity contribution in [3.8, 4) is 0 Å². The van der Waals surface area contributed by atoms with Gasteiger partial charge in [-0.15, -0.1) is 6.58 Å². The summed E-state index contributed by atoms with van der Waals surface area (Å²) in [5.74, 6) is 0.599. The fourth-order valence-electron chi connectivity index (χ4n) is 3.60. The summed E-state index contributed by atoms with van der Waals surface area (Å²) in [6.45, 7) is 5.71. The summed E-state index contributed by atoms with van der Waals surface area (Å²) in [6, 6.07) is 10.6. The van der Waals surface area contributed by atoms with Gasteiger partial charge in [0, 0.05) is 19.6 Å². The summed E-state index contributed by atoms with van der Waals surface area (Å²) >= 11 is 0. The van der Waals surface area contributed by atoms with Gasteiger partial charge in [0.05, 0.1) is 11.8 Å². The lowest BCUT2D eigenvalue weighted by atomic mass is 9.90. The molecule has 0 radical (unpaired) electrons. The van der Waals surface area contributed by atoms with Crippen LogP contribution in [0.15, 0.2) is 43.0 Å². The topological polar surface area (TPSA) is 49.4 Å². The summed E-state index contributed by atoms with van der Waals surface area (Å²) in [7, 11) is 0. The highest BCUT2D eigenvalue weighted by Gasteiger charge is 2.49. The van der Waals surface area contributed by atoms with Gasteiger partial charge in [0.25, 0.3) is 0 Å². The van der Waals surface area contributed by atoms with Crippen LogP contribution >= 0.6 is 0 Å². The van der Waals surface area contributed by atoms with E-state index in [1.807, 2.05) is 11.0 Å². The van der Waals surface area contributed by atoms with Crippen molar-refractivity contribution in [1.82, 2.24) is 10.2 Å². The van der Waals surface area contributed by atoms with Crippen molar-refractivity contribution >= 4 is 11.8 Å². The van der Waals surface area contributed by atoms with Crippen molar-refractivity contribution in [2.24, 2.45) is 17.8 Å². The van der Waals surface area contributed by atoms with Crippen LogP contribution in [0.3, 0.4) is 0 Å². The molecule has 1 aromatic rings. The molecule has 2 amide bonds. The number of amides is 2. The van der Waals surface area contributed by atoms with Gasteiger partial charge in [-0.05, 0) is 37.2 Å². The van der Waals surface area contributed by atoms with Crippen molar-refractivity contribution in [2.45, 2.75) is 25.7 Å². The maximum absolute atomic E-state index is 12.5. The maximum atomic E-state index is 12.5. The number of rotatable bonds is 6. The minimum Gasteiger partial charge on any atom is -0.352 e. The molecule has 0 spiro atoms. The van der Waals surface area contributed by atoms with Crippen LogP contribution in [-0.4, -0.2) is 36.3 Å². The average Bonchev–Trinajstić information content (AvgIpc) is 3.41. The van der Waals surface area contributed by atoms with Gasteiger partial charge < -0.3 is 10.2 Å². The number of hydrogen-bond donors (Lipinski definition) is 1. The molecule has 1 aromatic carbocycles. The first kappa shape index (κ1) is 16.7. The van der Waals surface area contributed by atoms with Crippen LogP contribution in [-0.2, 0) is 16.0 Å². The Labute approximate surface area is 143 Å². The molecular weight excluding hydrogens is 300 g/mol. The molecule has 3 rings (SSSR count). The van der Waals surface area contributed by atoms with Gasteiger partial charge in [-0.1, -0.05) is 36.4 Å². The molecule has 0 aromatic heterocycles. The highest BCUT2D eigenvalue weighted by Crippen LogP contribution is 2.40. The van der Waals surface area contributed by atoms with Crippen LogP contribution in [0.1, 0.15) is 24.8 Å². The second-order valence-electron chi connectivity index (χ2n) is 6.94. The second kappa shape index (κ2) is 7.65. The Hall–Kier alpha value is -2.10. The molecule has 1 N–H and O–H groups in total. The van der Waals surface area contributed by atoms with E-state index >= 15 is 0 Å². The van der Waals surface area contributed by atoms with Crippen molar-refractivity contribution in [2.75, 3.05) is 19.6 Å². The molecular formula is C20H26N2O2. The Bertz CT molecular complexity index is 591. The first-order valence-electron chi connectivity index (χ1n) is 8.90. The molecule has 24 heavy (non-hydrogen) atoms. The van der Waals surface area contributed by atoms with E-state index in [0.717, 1.165) is 32.4 Å². The zero-order valence-electron chi connectivity index (χ0n) is 14.1. The minimum absolute atomic E-state index is 0.00721. The van der Waals surface area contributed by atoms with E-state index in [9.17, 15) is 9.59 Å². The number of carbonyl (C=O) groups is 2. The van der Waals surface area contributed by atoms with Crippen molar-refractivity contribution in [1.29, 1.82) is 0 Å². The summed E-state index contributed by atoms with van der Waals surface area (Å²) in [4.78, 5) is 26.4. The van der Waals surface area contributed by atoms with Crippen molar-refractivity contribution in [3.63, 3.8) is 0 Å². The standard InChI is InChI=1S/C20H26N2O2/c1-2-10-21-19(23)17-14-18(17)20(24)22-11-8-16(9-12-22)13-15-6-4-3-5-7-15/h2-7,16-18H,1,8-14H2,(H,21,23). The smallest absolute Gasteiger partial charge is 0.226 e. The van der Waals surface area contributed by atoms with Gasteiger partial charge >= 0.3 is 0 Å². The number of carbonyl (C=O) groups excluding carboxylic acids is 2. The molecule has 4 heteroatoms. The second-order valence-corrected chi connectivity index (χ2v) is 6.94. The van der Waals surface area contributed by atoms with E-state index in [-0.39, 0.29) is 23.7 Å². The zero-order valence-corrected chi connectivity index (χ0v) is 14.1. The monoisotopic (exact) mass is 326 g/mol. The van der Waals surface area contributed by atoms with Gasteiger partial charge in [0.1, 0.15) is 0 Å². The molecule has 1 aliphatic heterocycles. The van der Waals surface area contributed by atoms with Crippen LogP contribution in [0.2, 0.25) is 0 Å². The number of nitrogens with zero attached hydrogens (tertiary/aromatic N) is 1. The Morgan fingerprint density at radius 3 is 2.54 bits per heavy atom. The average molecular weight is 326 g/mol. The summed E-state index contributed by atoms with van der Waals surface area (Å²) < 4.78 is 0. The highest BCUT2D eigenvalue weighted by molar-refractivity contribution is 5.92. The van der Waals surface area contributed by atoms with Gasteiger partial charge in [-0.2, -0.15) is 0 Å². The third-order valence-electron chi connectivity index (χ3n) is 5.16. The summed E-state index contributed by atoms with van der Waals surface area (Å²) in [5, 5.41) is 2.79. The molecule has 4 nitrogen and oxygen atoms in total. The molecule has 1 saturated heterocycles. The fraction of sp³-hybridized carbons (Fsp3) is 0.500. The number of nitrogens with one attached hydrogen (secondary N) is 1.